The number of hydrogen-bond acceptors (Lipinski definition) is 3. The van der Waals surface area contributed by atoms with Gasteiger partial charge in [0.2, 0.25) is 0 Å². The van der Waals surface area contributed by atoms with E-state index in [-0.39, 0.29) is 4.90 Å². The van der Waals surface area contributed by atoms with Crippen LogP contribution in [0.25, 0.3) is 0 Å². The number of benzene rings is 1. The van der Waals surface area contributed by atoms with E-state index in [2.05, 4.69) is 19.2 Å². The maximum atomic E-state index is 10.6. The molecule has 0 radical (unpaired) electrons. The first-order valence-electron chi connectivity index (χ1n) is 6.17. The fourth-order valence-electron chi connectivity index (χ4n) is 1.32. The van der Waals surface area contributed by atoms with Gasteiger partial charge in [-0.25, -0.2) is 0 Å². The van der Waals surface area contributed by atoms with Gasteiger partial charge in [-0.05, 0) is 44.5 Å². The molecule has 0 bridgehead atoms. The van der Waals surface area contributed by atoms with Crippen molar-refractivity contribution < 1.29 is 13.0 Å². The molecule has 4 nitrogen and oxygen atoms in total. The lowest BCUT2D eigenvalue weighted by Crippen LogP contribution is -2.14. The van der Waals surface area contributed by atoms with Gasteiger partial charge < -0.3 is 5.32 Å². The Morgan fingerprint density at radius 1 is 1.11 bits per heavy atom. The van der Waals surface area contributed by atoms with Crippen molar-refractivity contribution in [3.63, 3.8) is 0 Å². The molecule has 18 heavy (non-hydrogen) atoms. The van der Waals surface area contributed by atoms with Crippen molar-refractivity contribution in [1.82, 2.24) is 5.32 Å². The summed E-state index contributed by atoms with van der Waals surface area (Å²) in [7, 11) is -4.03. The van der Waals surface area contributed by atoms with E-state index >= 15 is 0 Å². The quantitative estimate of drug-likeness (QED) is 0.639. The molecular weight excluding hydrogens is 250 g/mol. The van der Waals surface area contributed by atoms with Crippen LogP contribution in [0.5, 0.6) is 0 Å². The van der Waals surface area contributed by atoms with E-state index in [0.29, 0.717) is 5.56 Å². The average Bonchev–Trinajstić information content (AvgIpc) is 2.30. The van der Waals surface area contributed by atoms with E-state index in [4.69, 9.17) is 4.55 Å². The predicted octanol–water partition coefficient (Wildman–Crippen LogP) is 2.64. The van der Waals surface area contributed by atoms with Crippen molar-refractivity contribution in [2.75, 3.05) is 13.1 Å². The Labute approximate surface area is 110 Å². The minimum absolute atomic E-state index is 0.0278. The summed E-state index contributed by atoms with van der Waals surface area (Å²) in [5.41, 5.74) is 0.551. The van der Waals surface area contributed by atoms with E-state index in [1.165, 1.54) is 32.0 Å². The molecule has 0 spiro atoms. The second kappa shape index (κ2) is 9.08. The van der Waals surface area contributed by atoms with Gasteiger partial charge in [-0.2, -0.15) is 8.42 Å². The maximum Gasteiger partial charge on any atom is 0.294 e. The fraction of sp³-hybridized carbons (Fsp3) is 0.538. The fourth-order valence-corrected chi connectivity index (χ4v) is 2.05. The van der Waals surface area contributed by atoms with Gasteiger partial charge in [0.25, 0.3) is 10.1 Å². The average molecular weight is 273 g/mol. The van der Waals surface area contributed by atoms with Crippen molar-refractivity contribution in [2.45, 2.75) is 38.5 Å². The van der Waals surface area contributed by atoms with Gasteiger partial charge in [0.15, 0.2) is 0 Å². The standard InChI is InChI=1S/C7H8O3S.C6H15N/c1-6-4-2-3-5-7(6)11(8,9)10;1-3-5-7-6-4-2/h2-5H,1H3,(H,8,9,10);7H,3-6H2,1-2H3. The van der Waals surface area contributed by atoms with Gasteiger partial charge in [-0.1, -0.05) is 32.0 Å². The number of nitrogens with one attached hydrogen (secondary N) is 1. The maximum absolute atomic E-state index is 10.6. The van der Waals surface area contributed by atoms with Crippen LogP contribution in [0.3, 0.4) is 0 Å². The Balaban J connectivity index is 0.000000360. The molecule has 0 aromatic heterocycles. The topological polar surface area (TPSA) is 66.4 Å². The van der Waals surface area contributed by atoms with Crippen molar-refractivity contribution >= 4 is 10.1 Å². The van der Waals surface area contributed by atoms with Crippen LogP contribution in [0.1, 0.15) is 32.3 Å². The van der Waals surface area contributed by atoms with Crippen molar-refractivity contribution in [1.29, 1.82) is 0 Å². The van der Waals surface area contributed by atoms with Crippen LogP contribution in [0.15, 0.2) is 29.2 Å². The summed E-state index contributed by atoms with van der Waals surface area (Å²) >= 11 is 0. The van der Waals surface area contributed by atoms with Crippen molar-refractivity contribution in [3.05, 3.63) is 29.8 Å². The smallest absolute Gasteiger partial charge is 0.294 e. The largest absolute Gasteiger partial charge is 0.317 e. The molecule has 1 aromatic rings. The Morgan fingerprint density at radius 3 is 1.94 bits per heavy atom. The van der Waals surface area contributed by atoms with Crippen LogP contribution in [0, 0.1) is 6.92 Å². The molecule has 2 N–H and O–H groups in total. The summed E-state index contributed by atoms with van der Waals surface area (Å²) in [4.78, 5) is -0.0278. The summed E-state index contributed by atoms with van der Waals surface area (Å²) in [6.45, 7) is 8.34. The van der Waals surface area contributed by atoms with Gasteiger partial charge in [-0.15, -0.1) is 0 Å². The van der Waals surface area contributed by atoms with Gasteiger partial charge in [0, 0.05) is 0 Å². The molecule has 0 heterocycles. The van der Waals surface area contributed by atoms with Crippen LogP contribution in [0.4, 0.5) is 0 Å². The summed E-state index contributed by atoms with van der Waals surface area (Å²) < 4.78 is 29.9. The highest BCUT2D eigenvalue weighted by atomic mass is 32.2. The first-order valence-corrected chi connectivity index (χ1v) is 7.61. The number of hydrogen-bond donors (Lipinski definition) is 2. The van der Waals surface area contributed by atoms with Crippen LogP contribution < -0.4 is 5.32 Å². The second-order valence-corrected chi connectivity index (χ2v) is 5.38. The second-order valence-electron chi connectivity index (χ2n) is 3.99. The van der Waals surface area contributed by atoms with Gasteiger partial charge in [0.05, 0.1) is 4.90 Å². The van der Waals surface area contributed by atoms with E-state index < -0.39 is 10.1 Å². The molecule has 5 heteroatoms. The normalized spacial score (nSPS) is 10.7. The van der Waals surface area contributed by atoms with Crippen molar-refractivity contribution in [3.8, 4) is 0 Å². The summed E-state index contributed by atoms with van der Waals surface area (Å²) in [6, 6.07) is 6.27. The third-order valence-corrected chi connectivity index (χ3v) is 3.24. The molecule has 1 rings (SSSR count). The molecule has 0 aliphatic carbocycles. The SMILES string of the molecule is CCCNCCC.Cc1ccccc1S(=O)(=O)O. The molecular formula is C13H23NO3S. The van der Waals surface area contributed by atoms with Crippen LogP contribution in [-0.2, 0) is 10.1 Å². The lowest BCUT2D eigenvalue weighted by molar-refractivity contribution is 0.482. The van der Waals surface area contributed by atoms with E-state index in [9.17, 15) is 8.42 Å². The zero-order valence-electron chi connectivity index (χ0n) is 11.3. The van der Waals surface area contributed by atoms with E-state index in [1.807, 2.05) is 0 Å². The molecule has 1 aromatic carbocycles. The zero-order chi connectivity index (χ0) is 14.0. The van der Waals surface area contributed by atoms with Crippen LogP contribution >= 0.6 is 0 Å². The van der Waals surface area contributed by atoms with Crippen LogP contribution in [-0.4, -0.2) is 26.1 Å². The molecule has 0 saturated heterocycles. The molecule has 0 saturated carbocycles. The first kappa shape index (κ1) is 17.1. The highest BCUT2D eigenvalue weighted by Gasteiger charge is 2.10. The summed E-state index contributed by atoms with van der Waals surface area (Å²) in [5, 5.41) is 3.28. The highest BCUT2D eigenvalue weighted by Crippen LogP contribution is 2.12. The lowest BCUT2D eigenvalue weighted by atomic mass is 10.2. The molecule has 0 aliphatic rings. The number of aryl methyl sites for hydroxylation is 1. The zero-order valence-corrected chi connectivity index (χ0v) is 12.1. The molecule has 104 valence electrons. The summed E-state index contributed by atoms with van der Waals surface area (Å²) in [6.07, 6.45) is 2.50. The number of rotatable bonds is 5. The molecule has 0 atom stereocenters. The van der Waals surface area contributed by atoms with Crippen molar-refractivity contribution in [2.24, 2.45) is 0 Å². The molecule has 0 amide bonds. The summed E-state index contributed by atoms with van der Waals surface area (Å²) in [5.74, 6) is 0. The Hall–Kier alpha value is -0.910. The predicted molar refractivity (Wildman–Crippen MR) is 74.4 cm³/mol. The highest BCUT2D eigenvalue weighted by molar-refractivity contribution is 7.85. The van der Waals surface area contributed by atoms with E-state index in [0.717, 1.165) is 0 Å². The third-order valence-electron chi connectivity index (χ3n) is 2.23. The Morgan fingerprint density at radius 2 is 1.61 bits per heavy atom. The first-order chi connectivity index (χ1) is 8.43. The van der Waals surface area contributed by atoms with E-state index in [1.54, 1.807) is 25.1 Å². The Kier molecular flexibility index (Phi) is 8.62. The van der Waals surface area contributed by atoms with Crippen LogP contribution in [0.2, 0.25) is 0 Å². The third kappa shape index (κ3) is 7.42. The van der Waals surface area contributed by atoms with Gasteiger partial charge in [-0.3, -0.25) is 4.55 Å². The molecule has 0 unspecified atom stereocenters. The molecule has 0 fully saturated rings. The minimum Gasteiger partial charge on any atom is -0.317 e. The lowest BCUT2D eigenvalue weighted by Gasteiger charge is -1.99. The Bertz CT molecular complexity index is 426. The molecule has 0 aliphatic heterocycles. The minimum atomic E-state index is -4.03. The van der Waals surface area contributed by atoms with Gasteiger partial charge >= 0.3 is 0 Å². The van der Waals surface area contributed by atoms with Gasteiger partial charge in [0.1, 0.15) is 0 Å². The monoisotopic (exact) mass is 273 g/mol.